The van der Waals surface area contributed by atoms with E-state index in [1.165, 1.54) is 46.8 Å². The van der Waals surface area contributed by atoms with Gasteiger partial charge in [-0.1, -0.05) is 0 Å². The third-order valence-corrected chi connectivity index (χ3v) is 62.2. The van der Waals surface area contributed by atoms with Crippen LogP contribution in [0.25, 0.3) is 0 Å². The second-order valence-electron chi connectivity index (χ2n) is 12.9. The van der Waals surface area contributed by atoms with E-state index in [1.807, 2.05) is 0 Å². The van der Waals surface area contributed by atoms with Gasteiger partial charge < -0.3 is 0 Å². The van der Waals surface area contributed by atoms with Crippen LogP contribution in [-0.4, -0.2) is 62.8 Å². The molecule has 10 saturated heterocycles. The summed E-state index contributed by atoms with van der Waals surface area (Å²) in [5.41, 5.74) is 0. The molecule has 0 aromatic carbocycles. The van der Waals surface area contributed by atoms with Crippen molar-refractivity contribution in [2.75, 3.05) is 47.9 Å². The Labute approximate surface area is 116 Å². The van der Waals surface area contributed by atoms with Crippen LogP contribution in [0.1, 0.15) is 0 Å². The first kappa shape index (κ1) is 9.64. The molecule has 3 nitrogen and oxygen atoms in total. The molecule has 21 heavy (non-hydrogen) atoms. The molecule has 5 atom stereocenters. The van der Waals surface area contributed by atoms with Crippen molar-refractivity contribution < 1.29 is 11.6 Å². The standard InChI is InChI=1S/C12H21N2O.C5H5.Fe/c1-13(2)7-10-5-6-11(9-15)12(10)8-14(3)4;1-2-4-5-3-1;/h5-6,15H,7-9H2,1-4H3;1-5H;. The molecule has 0 saturated carbocycles. The summed E-state index contributed by atoms with van der Waals surface area (Å²) in [6.45, 7) is -0.0766. The van der Waals surface area contributed by atoms with Gasteiger partial charge in [-0.2, -0.15) is 0 Å². The molecule has 0 radical (unpaired) electrons. The minimum absolute atomic E-state index is 0.599. The molecule has 0 aromatic heterocycles. The van der Waals surface area contributed by atoms with Gasteiger partial charge in [-0.25, -0.2) is 0 Å². The maximum absolute atomic E-state index is 10.7. The van der Waals surface area contributed by atoms with Crippen LogP contribution in [0.2, 0.25) is 46.7 Å². The summed E-state index contributed by atoms with van der Waals surface area (Å²) in [7, 11) is 9.25. The molecule has 0 bridgehead atoms. The molecule has 10 aliphatic heterocycles. The number of aliphatic hydroxyl groups excluding tert-OH is 1. The normalized spacial score (nSPS) is 107. The van der Waals surface area contributed by atoms with Crippen molar-refractivity contribution in [3.05, 3.63) is 0 Å². The monoisotopic (exact) mass is 330 g/mol. The van der Waals surface area contributed by atoms with Crippen molar-refractivity contribution >= 4 is 0 Å². The average molecular weight is 330 g/mol. The van der Waals surface area contributed by atoms with Gasteiger partial charge in [0.05, 0.1) is 0 Å². The Hall–Kier alpha value is 0.399. The Morgan fingerprint density at radius 3 is 1.67 bits per heavy atom. The summed E-state index contributed by atoms with van der Waals surface area (Å²) in [6, 6.07) is 0. The Morgan fingerprint density at radius 1 is 0.810 bits per heavy atom. The maximum atomic E-state index is 10.7. The van der Waals surface area contributed by atoms with E-state index >= 15 is 0 Å². The zero-order valence-electron chi connectivity index (χ0n) is 13.4. The number of hydrogen-bond donors (Lipinski definition) is 1. The molecule has 0 aliphatic carbocycles. The summed E-state index contributed by atoms with van der Waals surface area (Å²) >= 11 is 0. The summed E-state index contributed by atoms with van der Waals surface area (Å²) in [5, 5.41) is 10.7. The van der Waals surface area contributed by atoms with Crippen LogP contribution in [0.4, 0.5) is 0 Å². The second-order valence-corrected chi connectivity index (χ2v) is 36.1. The molecule has 10 rings (SSSR count). The van der Waals surface area contributed by atoms with E-state index in [9.17, 15) is 5.11 Å². The fourth-order valence-electron chi connectivity index (χ4n) is 20.6. The Morgan fingerprint density at radius 2 is 1.29 bits per heavy atom. The van der Waals surface area contributed by atoms with Crippen molar-refractivity contribution in [1.29, 1.82) is 0 Å². The molecule has 10 fully saturated rings. The zero-order valence-corrected chi connectivity index (χ0v) is 14.5. The molecule has 4 heteroatoms. The summed E-state index contributed by atoms with van der Waals surface area (Å²) in [4.78, 5) is 13.9. The fourth-order valence-corrected chi connectivity index (χ4v) is 100. The van der Waals surface area contributed by atoms with Gasteiger partial charge in [0.25, 0.3) is 0 Å². The van der Waals surface area contributed by atoms with Crippen LogP contribution >= 0.6 is 0 Å². The number of fused-ring (bicyclic) bond motifs is 10. The third kappa shape index (κ3) is 0.107. The van der Waals surface area contributed by atoms with E-state index in [1.54, 1.807) is 0 Å². The molecule has 1 N–H and O–H groups in total. The Bertz CT molecular complexity index is 1100. The van der Waals surface area contributed by atoms with E-state index in [4.69, 9.17) is 0 Å². The van der Waals surface area contributed by atoms with Gasteiger partial charge >= 0.3 is 116 Å². The van der Waals surface area contributed by atoms with Crippen molar-refractivity contribution in [3.63, 3.8) is 0 Å². The van der Waals surface area contributed by atoms with Crippen LogP contribution in [0, 0.1) is 0 Å². The van der Waals surface area contributed by atoms with Gasteiger partial charge in [0.1, 0.15) is 0 Å². The Kier molecular flexibility index (Phi) is 0.404. The van der Waals surface area contributed by atoms with Crippen LogP contribution in [-0.2, 0) is 6.51 Å². The Balaban J connectivity index is 1.50. The van der Waals surface area contributed by atoms with E-state index in [2.05, 4.69) is 38.0 Å². The molecule has 1 spiro atoms. The summed E-state index contributed by atoms with van der Waals surface area (Å²) in [6.07, 6.45) is 0. The van der Waals surface area contributed by atoms with Crippen molar-refractivity contribution in [1.82, 2.24) is 9.80 Å². The average Bonchev–Trinajstić information content (AvgIpc) is 3.34. The summed E-state index contributed by atoms with van der Waals surface area (Å²) < 4.78 is 2.15. The van der Waals surface area contributed by atoms with Crippen LogP contribution < -0.4 is 0 Å². The number of hydrogen-bond acceptors (Lipinski definition) is 3. The van der Waals surface area contributed by atoms with Crippen LogP contribution in [0.15, 0.2) is 0 Å². The van der Waals surface area contributed by atoms with Crippen molar-refractivity contribution in [3.8, 4) is 0 Å². The molecule has 10 heterocycles. The first-order valence-corrected chi connectivity index (χ1v) is 15.0. The van der Waals surface area contributed by atoms with E-state index in [0.717, 1.165) is 8.63 Å². The molecular formula is C17H26FeN2O. The fraction of sp³-hybridized carbons (Fsp3) is 1.00. The van der Waals surface area contributed by atoms with E-state index in [0.29, 0.717) is 10.9 Å². The van der Waals surface area contributed by atoms with Gasteiger partial charge in [0.2, 0.25) is 0 Å². The first-order chi connectivity index (χ1) is 9.72. The van der Waals surface area contributed by atoms with Crippen LogP contribution in [0.5, 0.6) is 0 Å². The molecule has 5 unspecified atom stereocenters. The SMILES string of the molecule is CN(C)C[C]12[CH]3[CH]4[C]5(CO)[C]1(CN(C)C)[Fe]43521678[CH]2[CH]1[CH]6[CH]7[CH]28. The third-order valence-electron chi connectivity index (χ3n) is 17.3. The van der Waals surface area contributed by atoms with E-state index in [-0.39, 0.29) is 0 Å². The quantitative estimate of drug-likeness (QED) is 0.785. The van der Waals surface area contributed by atoms with E-state index < -0.39 is 6.51 Å². The molecule has 0 amide bonds. The van der Waals surface area contributed by atoms with Crippen molar-refractivity contribution in [2.45, 2.75) is 46.7 Å². The van der Waals surface area contributed by atoms with Gasteiger partial charge in [-0.3, -0.25) is 0 Å². The number of nitrogens with zero attached hydrogens (tertiary/aromatic N) is 2. The number of aliphatic hydroxyl groups is 1. The minimum atomic E-state index is -3.46. The summed E-state index contributed by atoms with van der Waals surface area (Å²) in [5.74, 6) is 0. The zero-order chi connectivity index (χ0) is 14.1. The number of rotatable bonds is 5. The van der Waals surface area contributed by atoms with Gasteiger partial charge in [0, 0.05) is 0 Å². The molecule has 10 aliphatic rings. The first-order valence-electron chi connectivity index (χ1n) is 8.83. The topological polar surface area (TPSA) is 26.7 Å². The predicted molar refractivity (Wildman–Crippen MR) is 78.5 cm³/mol. The van der Waals surface area contributed by atoms with Crippen LogP contribution in [0.3, 0.4) is 0 Å². The van der Waals surface area contributed by atoms with Gasteiger partial charge in [-0.05, 0) is 0 Å². The predicted octanol–water partition coefficient (Wildman–Crippen LogP) is 2.60. The van der Waals surface area contributed by atoms with Crippen molar-refractivity contribution in [2.24, 2.45) is 0 Å². The molecular weight excluding hydrogens is 304 g/mol. The molecule has 118 valence electrons. The van der Waals surface area contributed by atoms with Gasteiger partial charge in [0.15, 0.2) is 0 Å². The molecule has 0 aromatic rings. The second kappa shape index (κ2) is 0.880. The van der Waals surface area contributed by atoms with Gasteiger partial charge in [-0.15, -0.1) is 0 Å².